The van der Waals surface area contributed by atoms with Crippen molar-refractivity contribution in [2.75, 3.05) is 6.61 Å². The first kappa shape index (κ1) is 15.3. The van der Waals surface area contributed by atoms with Gasteiger partial charge in [0.1, 0.15) is 18.1 Å². The molecule has 0 fully saturated rings. The third kappa shape index (κ3) is 3.27. The van der Waals surface area contributed by atoms with E-state index in [2.05, 4.69) is 0 Å². The average molecular weight is 329 g/mol. The summed E-state index contributed by atoms with van der Waals surface area (Å²) in [4.78, 5) is 23.3. The molecule has 2 aromatic carbocycles. The summed E-state index contributed by atoms with van der Waals surface area (Å²) in [6.07, 6.45) is 1.61. The van der Waals surface area contributed by atoms with Crippen molar-refractivity contribution in [1.82, 2.24) is 0 Å². The molecule has 0 saturated carbocycles. The van der Waals surface area contributed by atoms with Gasteiger partial charge < -0.3 is 9.47 Å². The molecular formula is C18H13ClO4. The number of ether oxygens (including phenoxy) is 2. The quantitative estimate of drug-likeness (QED) is 0.798. The molecule has 1 heterocycles. The zero-order chi connectivity index (χ0) is 16.4. The van der Waals surface area contributed by atoms with E-state index in [0.29, 0.717) is 27.6 Å². The summed E-state index contributed by atoms with van der Waals surface area (Å²) < 4.78 is 10.9. The van der Waals surface area contributed by atoms with Gasteiger partial charge in [0.15, 0.2) is 11.5 Å². The molecule has 4 nitrogen and oxygen atoms in total. The molecule has 5 heteroatoms. The molecule has 0 aromatic heterocycles. The Kier molecular flexibility index (Phi) is 4.17. The Hall–Kier alpha value is -2.59. The predicted octanol–water partition coefficient (Wildman–Crippen LogP) is 3.92. The number of fused-ring (bicyclic) bond motifs is 1. The SMILES string of the molecule is CC(=O)COc1ccc2c(c1)O/C(=C/c1ccccc1Cl)C2=O. The largest absolute Gasteiger partial charge is 0.486 e. The molecular weight excluding hydrogens is 316 g/mol. The van der Waals surface area contributed by atoms with Gasteiger partial charge in [0.05, 0.1) is 5.56 Å². The van der Waals surface area contributed by atoms with E-state index >= 15 is 0 Å². The number of halogens is 1. The van der Waals surface area contributed by atoms with E-state index in [9.17, 15) is 9.59 Å². The first-order valence-corrected chi connectivity index (χ1v) is 7.37. The van der Waals surface area contributed by atoms with E-state index in [1.165, 1.54) is 6.92 Å². The van der Waals surface area contributed by atoms with Crippen LogP contribution in [-0.4, -0.2) is 18.2 Å². The number of allylic oxidation sites excluding steroid dienone is 1. The van der Waals surface area contributed by atoms with Crippen molar-refractivity contribution in [2.24, 2.45) is 0 Å². The van der Waals surface area contributed by atoms with Crippen LogP contribution in [0.5, 0.6) is 11.5 Å². The fraction of sp³-hybridized carbons (Fsp3) is 0.111. The van der Waals surface area contributed by atoms with E-state index in [4.69, 9.17) is 21.1 Å². The highest BCUT2D eigenvalue weighted by Crippen LogP contribution is 2.35. The minimum atomic E-state index is -0.210. The first-order valence-electron chi connectivity index (χ1n) is 6.99. The van der Waals surface area contributed by atoms with Crippen molar-refractivity contribution >= 4 is 29.2 Å². The van der Waals surface area contributed by atoms with E-state index in [1.54, 1.807) is 36.4 Å². The minimum Gasteiger partial charge on any atom is -0.486 e. The van der Waals surface area contributed by atoms with Gasteiger partial charge in [-0.05, 0) is 36.8 Å². The maximum Gasteiger partial charge on any atom is 0.231 e. The van der Waals surface area contributed by atoms with Gasteiger partial charge in [0.2, 0.25) is 5.78 Å². The van der Waals surface area contributed by atoms with Crippen LogP contribution >= 0.6 is 11.6 Å². The fourth-order valence-electron chi connectivity index (χ4n) is 2.18. The number of carbonyl (C=O) groups excluding carboxylic acids is 2. The van der Waals surface area contributed by atoms with Crippen molar-refractivity contribution < 1.29 is 19.1 Å². The molecule has 1 aliphatic heterocycles. The molecule has 0 amide bonds. The summed E-state index contributed by atoms with van der Waals surface area (Å²) in [5.41, 5.74) is 1.16. The maximum absolute atomic E-state index is 12.4. The molecule has 0 unspecified atom stereocenters. The average Bonchev–Trinajstić information content (AvgIpc) is 2.83. The maximum atomic E-state index is 12.4. The molecule has 1 aliphatic rings. The van der Waals surface area contributed by atoms with Gasteiger partial charge in [0, 0.05) is 11.1 Å². The van der Waals surface area contributed by atoms with Crippen LogP contribution < -0.4 is 9.47 Å². The molecule has 0 bridgehead atoms. The van der Waals surface area contributed by atoms with Gasteiger partial charge in [-0.15, -0.1) is 0 Å². The molecule has 3 rings (SSSR count). The van der Waals surface area contributed by atoms with Crippen LogP contribution in [0.3, 0.4) is 0 Å². The van der Waals surface area contributed by atoms with Crippen LogP contribution in [-0.2, 0) is 4.79 Å². The highest BCUT2D eigenvalue weighted by molar-refractivity contribution is 6.32. The smallest absolute Gasteiger partial charge is 0.231 e. The summed E-state index contributed by atoms with van der Waals surface area (Å²) in [7, 11) is 0. The number of hydrogen-bond donors (Lipinski definition) is 0. The van der Waals surface area contributed by atoms with Crippen LogP contribution in [0.2, 0.25) is 5.02 Å². The monoisotopic (exact) mass is 328 g/mol. The molecule has 0 spiro atoms. The summed E-state index contributed by atoms with van der Waals surface area (Å²) in [5.74, 6) is 0.803. The third-order valence-electron chi connectivity index (χ3n) is 3.28. The van der Waals surface area contributed by atoms with Crippen LogP contribution in [0.15, 0.2) is 48.2 Å². The molecule has 116 valence electrons. The molecule has 0 saturated heterocycles. The fourth-order valence-corrected chi connectivity index (χ4v) is 2.37. The lowest BCUT2D eigenvalue weighted by molar-refractivity contribution is -0.118. The lowest BCUT2D eigenvalue weighted by Gasteiger charge is -2.05. The number of hydrogen-bond acceptors (Lipinski definition) is 4. The number of ketones is 2. The molecule has 0 radical (unpaired) electrons. The summed E-state index contributed by atoms with van der Waals surface area (Å²) >= 11 is 6.09. The van der Waals surface area contributed by atoms with Gasteiger partial charge in [-0.3, -0.25) is 9.59 Å². The van der Waals surface area contributed by atoms with Crippen molar-refractivity contribution in [2.45, 2.75) is 6.92 Å². The van der Waals surface area contributed by atoms with Gasteiger partial charge in [-0.2, -0.15) is 0 Å². The minimum absolute atomic E-state index is 0.0188. The second-order valence-corrected chi connectivity index (χ2v) is 5.52. The van der Waals surface area contributed by atoms with E-state index in [0.717, 1.165) is 0 Å². The molecule has 0 N–H and O–H groups in total. The molecule has 2 aromatic rings. The summed E-state index contributed by atoms with van der Waals surface area (Å²) in [6, 6.07) is 12.1. The van der Waals surface area contributed by atoms with Crippen LogP contribution in [0.25, 0.3) is 6.08 Å². The molecule has 0 atom stereocenters. The van der Waals surface area contributed by atoms with E-state index in [-0.39, 0.29) is 23.9 Å². The van der Waals surface area contributed by atoms with Gasteiger partial charge in [-0.1, -0.05) is 29.8 Å². The highest BCUT2D eigenvalue weighted by Gasteiger charge is 2.27. The normalized spacial score (nSPS) is 14.5. The lowest BCUT2D eigenvalue weighted by atomic mass is 10.1. The number of rotatable bonds is 4. The molecule has 23 heavy (non-hydrogen) atoms. The van der Waals surface area contributed by atoms with Gasteiger partial charge in [-0.25, -0.2) is 0 Å². The number of benzene rings is 2. The number of carbonyl (C=O) groups is 2. The third-order valence-corrected chi connectivity index (χ3v) is 3.62. The van der Waals surface area contributed by atoms with E-state index in [1.807, 2.05) is 12.1 Å². The van der Waals surface area contributed by atoms with Crippen molar-refractivity contribution in [3.05, 3.63) is 64.4 Å². The topological polar surface area (TPSA) is 52.6 Å². The Labute approximate surface area is 138 Å². The lowest BCUT2D eigenvalue weighted by Crippen LogP contribution is -2.06. The zero-order valence-corrected chi connectivity index (χ0v) is 13.1. The zero-order valence-electron chi connectivity index (χ0n) is 12.3. The Morgan fingerprint density at radius 3 is 2.78 bits per heavy atom. The second kappa shape index (κ2) is 6.26. The molecule has 0 aliphatic carbocycles. The summed E-state index contributed by atoms with van der Waals surface area (Å²) in [6.45, 7) is 1.42. The summed E-state index contributed by atoms with van der Waals surface area (Å²) in [5, 5.41) is 0.540. The highest BCUT2D eigenvalue weighted by atomic mass is 35.5. The van der Waals surface area contributed by atoms with Crippen LogP contribution in [0.4, 0.5) is 0 Å². The Morgan fingerprint density at radius 2 is 2.04 bits per heavy atom. The van der Waals surface area contributed by atoms with Crippen molar-refractivity contribution in [3.8, 4) is 11.5 Å². The predicted molar refractivity (Wildman–Crippen MR) is 87.0 cm³/mol. The van der Waals surface area contributed by atoms with Gasteiger partial charge >= 0.3 is 0 Å². The van der Waals surface area contributed by atoms with Gasteiger partial charge in [0.25, 0.3) is 0 Å². The Balaban J connectivity index is 1.87. The van der Waals surface area contributed by atoms with Crippen LogP contribution in [0, 0.1) is 0 Å². The standard InChI is InChI=1S/C18H13ClO4/c1-11(20)10-22-13-6-7-14-16(9-13)23-17(18(14)21)8-12-4-2-3-5-15(12)19/h2-9H,10H2,1H3/b17-8+. The van der Waals surface area contributed by atoms with Crippen molar-refractivity contribution in [1.29, 1.82) is 0 Å². The number of Topliss-reactive ketones (excluding diaryl/α,β-unsaturated/α-hetero) is 2. The second-order valence-electron chi connectivity index (χ2n) is 5.11. The van der Waals surface area contributed by atoms with Crippen molar-refractivity contribution in [3.63, 3.8) is 0 Å². The van der Waals surface area contributed by atoms with Crippen LogP contribution in [0.1, 0.15) is 22.8 Å². The first-order chi connectivity index (χ1) is 11.0. The van der Waals surface area contributed by atoms with E-state index < -0.39 is 0 Å². The Morgan fingerprint density at radius 1 is 1.26 bits per heavy atom. The Bertz CT molecular complexity index is 824.